The van der Waals surface area contributed by atoms with Gasteiger partial charge >= 0.3 is 0 Å². The third kappa shape index (κ3) is 5.10. The Kier molecular flexibility index (Phi) is 6.68. The van der Waals surface area contributed by atoms with E-state index >= 15 is 0 Å². The van der Waals surface area contributed by atoms with Gasteiger partial charge in [0, 0.05) is 21.5 Å². The van der Waals surface area contributed by atoms with Crippen LogP contribution in [0.2, 0.25) is 5.02 Å². The van der Waals surface area contributed by atoms with Gasteiger partial charge in [-0.1, -0.05) is 30.7 Å². The molecular weight excluding hydrogens is 305 g/mol. The maximum absolute atomic E-state index is 13.9. The fourth-order valence-corrected chi connectivity index (χ4v) is 3.51. The van der Waals surface area contributed by atoms with E-state index in [9.17, 15) is 4.39 Å². The maximum atomic E-state index is 13.9. The highest BCUT2D eigenvalue weighted by Gasteiger charge is 2.14. The standard InChI is InChI=1S/C17H21ClFNS/c1-2-20-13(6-3-7-14-8-5-11-21-14)12-15-16(18)9-4-10-17(15)19/h4-5,8-11,13,20H,2-3,6-7,12H2,1H3. The minimum Gasteiger partial charge on any atom is -0.314 e. The van der Waals surface area contributed by atoms with E-state index in [1.165, 1.54) is 10.9 Å². The van der Waals surface area contributed by atoms with Crippen molar-refractivity contribution in [1.82, 2.24) is 5.32 Å². The third-order valence-corrected chi connectivity index (χ3v) is 4.85. The molecule has 2 aromatic rings. The van der Waals surface area contributed by atoms with Crippen molar-refractivity contribution in [2.45, 2.75) is 38.6 Å². The van der Waals surface area contributed by atoms with Crippen LogP contribution < -0.4 is 5.32 Å². The summed E-state index contributed by atoms with van der Waals surface area (Å²) in [5, 5.41) is 6.08. The number of likely N-dealkylation sites (N-methyl/N-ethyl adjacent to an activating group) is 1. The largest absolute Gasteiger partial charge is 0.314 e. The molecular formula is C17H21ClFNS. The normalized spacial score (nSPS) is 12.5. The zero-order valence-corrected chi connectivity index (χ0v) is 13.8. The van der Waals surface area contributed by atoms with E-state index in [0.29, 0.717) is 17.0 Å². The number of halogens is 2. The molecule has 21 heavy (non-hydrogen) atoms. The maximum Gasteiger partial charge on any atom is 0.127 e. The molecule has 0 bridgehead atoms. The first-order valence-electron chi connectivity index (χ1n) is 7.39. The molecule has 0 amide bonds. The highest BCUT2D eigenvalue weighted by molar-refractivity contribution is 7.09. The molecule has 1 aromatic heterocycles. The second kappa shape index (κ2) is 8.52. The van der Waals surface area contributed by atoms with Crippen LogP contribution in [0.25, 0.3) is 0 Å². The average molecular weight is 326 g/mol. The van der Waals surface area contributed by atoms with Crippen molar-refractivity contribution >= 4 is 22.9 Å². The summed E-state index contributed by atoms with van der Waals surface area (Å²) in [4.78, 5) is 1.41. The molecule has 0 aliphatic heterocycles. The number of aryl methyl sites for hydroxylation is 1. The number of benzene rings is 1. The molecule has 0 fully saturated rings. The molecule has 0 aliphatic carbocycles. The number of thiophene rings is 1. The van der Waals surface area contributed by atoms with E-state index in [1.54, 1.807) is 23.5 Å². The number of hydrogen-bond donors (Lipinski definition) is 1. The van der Waals surface area contributed by atoms with Crippen LogP contribution in [-0.2, 0) is 12.8 Å². The molecule has 114 valence electrons. The van der Waals surface area contributed by atoms with Crippen molar-refractivity contribution < 1.29 is 4.39 Å². The van der Waals surface area contributed by atoms with Crippen LogP contribution in [0.4, 0.5) is 4.39 Å². The van der Waals surface area contributed by atoms with E-state index in [2.05, 4.69) is 29.8 Å². The second-order valence-electron chi connectivity index (χ2n) is 5.13. The van der Waals surface area contributed by atoms with Crippen molar-refractivity contribution in [2.24, 2.45) is 0 Å². The van der Waals surface area contributed by atoms with Crippen LogP contribution in [0, 0.1) is 5.82 Å². The monoisotopic (exact) mass is 325 g/mol. The Balaban J connectivity index is 1.92. The van der Waals surface area contributed by atoms with Crippen molar-refractivity contribution in [3.8, 4) is 0 Å². The quantitative estimate of drug-likeness (QED) is 0.713. The third-order valence-electron chi connectivity index (χ3n) is 3.56. The van der Waals surface area contributed by atoms with Gasteiger partial charge in [0.05, 0.1) is 0 Å². The molecule has 1 nitrogen and oxygen atoms in total. The molecule has 0 saturated heterocycles. The predicted molar refractivity (Wildman–Crippen MR) is 89.8 cm³/mol. The van der Waals surface area contributed by atoms with E-state index in [1.807, 2.05) is 0 Å². The van der Waals surface area contributed by atoms with Gasteiger partial charge in [-0.15, -0.1) is 11.3 Å². The Hall–Kier alpha value is -0.900. The van der Waals surface area contributed by atoms with Gasteiger partial charge in [-0.25, -0.2) is 4.39 Å². The number of nitrogens with one attached hydrogen (secondary N) is 1. The van der Waals surface area contributed by atoms with E-state index in [0.717, 1.165) is 25.8 Å². The van der Waals surface area contributed by atoms with Gasteiger partial charge in [0.2, 0.25) is 0 Å². The van der Waals surface area contributed by atoms with Gasteiger partial charge in [-0.2, -0.15) is 0 Å². The highest BCUT2D eigenvalue weighted by atomic mass is 35.5. The van der Waals surface area contributed by atoms with Gasteiger partial charge in [0.1, 0.15) is 5.82 Å². The lowest BCUT2D eigenvalue weighted by atomic mass is 10.00. The lowest BCUT2D eigenvalue weighted by Crippen LogP contribution is -2.31. The van der Waals surface area contributed by atoms with Crippen LogP contribution in [0.1, 0.15) is 30.2 Å². The first-order valence-corrected chi connectivity index (χ1v) is 8.65. The molecule has 0 radical (unpaired) electrons. The summed E-state index contributed by atoms with van der Waals surface area (Å²) < 4.78 is 13.9. The first kappa shape index (κ1) is 16.5. The Bertz CT molecular complexity index is 521. The fraction of sp³-hybridized carbons (Fsp3) is 0.412. The van der Waals surface area contributed by atoms with E-state index in [-0.39, 0.29) is 11.9 Å². The molecule has 1 atom stereocenters. The van der Waals surface area contributed by atoms with Crippen LogP contribution in [0.3, 0.4) is 0 Å². The SMILES string of the molecule is CCNC(CCCc1cccs1)Cc1c(F)cccc1Cl. The van der Waals surface area contributed by atoms with Crippen molar-refractivity contribution in [2.75, 3.05) is 6.54 Å². The number of hydrogen-bond acceptors (Lipinski definition) is 2. The summed E-state index contributed by atoms with van der Waals surface area (Å²) in [6, 6.07) is 9.41. The Morgan fingerprint density at radius 2 is 2.14 bits per heavy atom. The highest BCUT2D eigenvalue weighted by Crippen LogP contribution is 2.22. The van der Waals surface area contributed by atoms with E-state index in [4.69, 9.17) is 11.6 Å². The summed E-state index contributed by atoms with van der Waals surface area (Å²) in [5.74, 6) is -0.205. The molecule has 1 N–H and O–H groups in total. The molecule has 1 unspecified atom stereocenters. The second-order valence-corrected chi connectivity index (χ2v) is 6.57. The first-order chi connectivity index (χ1) is 10.2. The van der Waals surface area contributed by atoms with Crippen LogP contribution >= 0.6 is 22.9 Å². The topological polar surface area (TPSA) is 12.0 Å². The van der Waals surface area contributed by atoms with Gasteiger partial charge < -0.3 is 5.32 Å². The smallest absolute Gasteiger partial charge is 0.127 e. The molecule has 2 rings (SSSR count). The molecule has 0 aliphatic rings. The van der Waals surface area contributed by atoms with Crippen molar-refractivity contribution in [3.05, 3.63) is 57.0 Å². The Morgan fingerprint density at radius 1 is 1.29 bits per heavy atom. The summed E-state index contributed by atoms with van der Waals surface area (Å²) >= 11 is 7.92. The summed E-state index contributed by atoms with van der Waals surface area (Å²) in [6.45, 7) is 2.96. The predicted octanol–water partition coefficient (Wildman–Crippen LogP) is 5.08. The Morgan fingerprint density at radius 3 is 2.81 bits per heavy atom. The zero-order valence-electron chi connectivity index (χ0n) is 12.2. The van der Waals surface area contributed by atoms with Crippen molar-refractivity contribution in [1.29, 1.82) is 0 Å². The molecule has 1 aromatic carbocycles. The lowest BCUT2D eigenvalue weighted by Gasteiger charge is -2.19. The van der Waals surface area contributed by atoms with Gasteiger partial charge in [0.25, 0.3) is 0 Å². The molecule has 1 heterocycles. The Labute approximate surface area is 135 Å². The summed E-state index contributed by atoms with van der Waals surface area (Å²) in [5.41, 5.74) is 0.626. The number of rotatable bonds is 8. The summed E-state index contributed by atoms with van der Waals surface area (Å²) in [6.07, 6.45) is 3.86. The molecule has 4 heteroatoms. The average Bonchev–Trinajstić information content (AvgIpc) is 2.96. The lowest BCUT2D eigenvalue weighted by molar-refractivity contribution is 0.467. The van der Waals surface area contributed by atoms with Gasteiger partial charge in [0.15, 0.2) is 0 Å². The van der Waals surface area contributed by atoms with Crippen LogP contribution in [0.15, 0.2) is 35.7 Å². The minimum atomic E-state index is -0.205. The van der Waals surface area contributed by atoms with Gasteiger partial charge in [-0.05, 0) is 55.8 Å². The van der Waals surface area contributed by atoms with Crippen LogP contribution in [-0.4, -0.2) is 12.6 Å². The molecule has 0 saturated carbocycles. The zero-order chi connectivity index (χ0) is 15.1. The van der Waals surface area contributed by atoms with Crippen LogP contribution in [0.5, 0.6) is 0 Å². The summed E-state index contributed by atoms with van der Waals surface area (Å²) in [7, 11) is 0. The van der Waals surface area contributed by atoms with Gasteiger partial charge in [-0.3, -0.25) is 0 Å². The fourth-order valence-electron chi connectivity index (χ4n) is 2.52. The minimum absolute atomic E-state index is 0.205. The molecule has 0 spiro atoms. The van der Waals surface area contributed by atoms with E-state index < -0.39 is 0 Å². The van der Waals surface area contributed by atoms with Crippen molar-refractivity contribution in [3.63, 3.8) is 0 Å².